The molecular weight excluding hydrogens is 480 g/mol. The molecule has 1 aliphatic carbocycles. The summed E-state index contributed by atoms with van der Waals surface area (Å²) in [5.74, 6) is 0.879. The van der Waals surface area contributed by atoms with E-state index in [1.54, 1.807) is 13.0 Å². The molecular formula is C26H30N4O3S2. The highest BCUT2D eigenvalue weighted by molar-refractivity contribution is 7.99. The highest BCUT2D eigenvalue weighted by atomic mass is 32.2. The maximum atomic E-state index is 12.9. The van der Waals surface area contributed by atoms with Crippen LogP contribution in [0.1, 0.15) is 46.6 Å². The average molecular weight is 511 g/mol. The summed E-state index contributed by atoms with van der Waals surface area (Å²) in [5.41, 5.74) is 3.68. The van der Waals surface area contributed by atoms with Crippen molar-refractivity contribution in [2.45, 2.75) is 51.7 Å². The van der Waals surface area contributed by atoms with Crippen LogP contribution in [-0.4, -0.2) is 39.0 Å². The van der Waals surface area contributed by atoms with Crippen molar-refractivity contribution in [2.75, 3.05) is 17.7 Å². The Morgan fingerprint density at radius 1 is 1.31 bits per heavy atom. The van der Waals surface area contributed by atoms with Gasteiger partial charge in [-0.1, -0.05) is 54.6 Å². The van der Waals surface area contributed by atoms with Gasteiger partial charge in [-0.2, -0.15) is 0 Å². The second kappa shape index (κ2) is 11.2. The number of esters is 1. The Morgan fingerprint density at radius 3 is 2.80 bits per heavy atom. The zero-order chi connectivity index (χ0) is 24.9. The van der Waals surface area contributed by atoms with Crippen LogP contribution in [0, 0.1) is 12.8 Å². The molecule has 7 nitrogen and oxygen atoms in total. The van der Waals surface area contributed by atoms with Crippen molar-refractivity contribution in [3.05, 3.63) is 58.5 Å². The Morgan fingerprint density at radius 2 is 2.09 bits per heavy atom. The Kier molecular flexibility index (Phi) is 8.07. The van der Waals surface area contributed by atoms with Crippen molar-refractivity contribution in [2.24, 2.45) is 5.92 Å². The first-order chi connectivity index (χ1) is 16.9. The summed E-state index contributed by atoms with van der Waals surface area (Å²) in [5, 5.41) is 12.9. The molecule has 1 aromatic carbocycles. The molecule has 1 aliphatic rings. The monoisotopic (exact) mass is 510 g/mol. The second-order valence-corrected chi connectivity index (χ2v) is 10.7. The number of amides is 1. The molecule has 3 aromatic rings. The summed E-state index contributed by atoms with van der Waals surface area (Å²) in [7, 11) is 0. The molecule has 0 bridgehead atoms. The molecule has 0 aliphatic heterocycles. The molecule has 9 heteroatoms. The SMILES string of the molecule is C=CCn1c(SCC(=O)Nc2sc3c(c2C(=O)OCC)CCC(C)C3)nnc1-c1ccc(C)cc1. The largest absolute Gasteiger partial charge is 0.462 e. The van der Waals surface area contributed by atoms with E-state index in [-0.39, 0.29) is 17.6 Å². The Balaban J connectivity index is 1.50. The lowest BCUT2D eigenvalue weighted by Crippen LogP contribution is -2.18. The van der Waals surface area contributed by atoms with Crippen molar-refractivity contribution < 1.29 is 14.3 Å². The fourth-order valence-electron chi connectivity index (χ4n) is 4.16. The topological polar surface area (TPSA) is 86.1 Å². The number of nitrogens with one attached hydrogen (secondary N) is 1. The van der Waals surface area contributed by atoms with Gasteiger partial charge in [0.1, 0.15) is 5.00 Å². The number of rotatable bonds is 9. The number of carbonyl (C=O) groups is 2. The fraction of sp³-hybridized carbons (Fsp3) is 0.385. The third-order valence-corrected chi connectivity index (χ3v) is 8.05. The molecule has 1 N–H and O–H groups in total. The van der Waals surface area contributed by atoms with Crippen LogP contribution in [0.3, 0.4) is 0 Å². The summed E-state index contributed by atoms with van der Waals surface area (Å²) < 4.78 is 7.26. The number of nitrogens with zero attached hydrogens (tertiary/aromatic N) is 3. The second-order valence-electron chi connectivity index (χ2n) is 8.68. The number of allylic oxidation sites excluding steroid dienone is 1. The van der Waals surface area contributed by atoms with Gasteiger partial charge in [-0.3, -0.25) is 9.36 Å². The van der Waals surface area contributed by atoms with Crippen molar-refractivity contribution in [3.63, 3.8) is 0 Å². The molecule has 2 heterocycles. The highest BCUT2D eigenvalue weighted by Gasteiger charge is 2.29. The van der Waals surface area contributed by atoms with Gasteiger partial charge in [-0.15, -0.1) is 28.1 Å². The highest BCUT2D eigenvalue weighted by Crippen LogP contribution is 2.40. The number of thioether (sulfide) groups is 1. The molecule has 1 unspecified atom stereocenters. The van der Waals surface area contributed by atoms with Crippen molar-refractivity contribution in [1.29, 1.82) is 0 Å². The van der Waals surface area contributed by atoms with E-state index < -0.39 is 0 Å². The molecule has 1 atom stereocenters. The molecule has 0 spiro atoms. The third-order valence-electron chi connectivity index (χ3n) is 5.91. The summed E-state index contributed by atoms with van der Waals surface area (Å²) in [6, 6.07) is 8.09. The Bertz CT molecular complexity index is 1230. The molecule has 0 fully saturated rings. The Hall–Kier alpha value is -2.91. The van der Waals surface area contributed by atoms with Crippen LogP contribution in [0.25, 0.3) is 11.4 Å². The van der Waals surface area contributed by atoms with Crippen molar-refractivity contribution >= 4 is 40.0 Å². The minimum absolute atomic E-state index is 0.143. The van der Waals surface area contributed by atoms with Crippen LogP contribution in [0.15, 0.2) is 42.1 Å². The van der Waals surface area contributed by atoms with Gasteiger partial charge in [0.05, 0.1) is 17.9 Å². The molecule has 0 radical (unpaired) electrons. The van der Waals surface area contributed by atoms with E-state index in [0.717, 1.165) is 36.2 Å². The van der Waals surface area contributed by atoms with E-state index in [4.69, 9.17) is 4.74 Å². The molecule has 2 aromatic heterocycles. The van der Waals surface area contributed by atoms with Crippen LogP contribution in [0.2, 0.25) is 0 Å². The first-order valence-electron chi connectivity index (χ1n) is 11.8. The lowest BCUT2D eigenvalue weighted by atomic mass is 9.88. The maximum Gasteiger partial charge on any atom is 0.341 e. The van der Waals surface area contributed by atoms with Gasteiger partial charge in [-0.05, 0) is 44.6 Å². The number of fused-ring (bicyclic) bond motifs is 1. The normalized spacial score (nSPS) is 14.9. The van der Waals surface area contributed by atoms with Crippen LogP contribution in [0.5, 0.6) is 0 Å². The van der Waals surface area contributed by atoms with E-state index >= 15 is 0 Å². The average Bonchev–Trinajstić information content (AvgIpc) is 3.39. The number of benzene rings is 1. The fourth-order valence-corrected chi connectivity index (χ4v) is 6.32. The van der Waals surface area contributed by atoms with E-state index in [0.29, 0.717) is 34.8 Å². The number of hydrogen-bond donors (Lipinski definition) is 1. The standard InChI is InChI=1S/C26H30N4O3S2/c1-5-13-30-23(18-10-7-16(3)8-11-18)28-29-26(30)34-15-21(31)27-24-22(25(32)33-6-2)19-12-9-17(4)14-20(19)35-24/h5,7-8,10-11,17H,1,6,9,12-15H2,2-4H3,(H,27,31). The predicted octanol–water partition coefficient (Wildman–Crippen LogP) is 5.53. The van der Waals surface area contributed by atoms with Gasteiger partial charge in [0.25, 0.3) is 0 Å². The zero-order valence-electron chi connectivity index (χ0n) is 20.3. The predicted molar refractivity (Wildman–Crippen MR) is 141 cm³/mol. The number of ether oxygens (including phenoxy) is 1. The summed E-state index contributed by atoms with van der Waals surface area (Å²) in [6.07, 6.45) is 4.57. The lowest BCUT2D eigenvalue weighted by Gasteiger charge is -2.18. The summed E-state index contributed by atoms with van der Waals surface area (Å²) in [4.78, 5) is 26.8. The number of aromatic nitrogens is 3. The summed E-state index contributed by atoms with van der Waals surface area (Å²) >= 11 is 2.81. The lowest BCUT2D eigenvalue weighted by molar-refractivity contribution is -0.113. The van der Waals surface area contributed by atoms with Gasteiger partial charge in [0.15, 0.2) is 11.0 Å². The zero-order valence-corrected chi connectivity index (χ0v) is 21.9. The number of thiophene rings is 1. The van der Waals surface area contributed by atoms with Crippen LogP contribution >= 0.6 is 23.1 Å². The molecule has 184 valence electrons. The van der Waals surface area contributed by atoms with Gasteiger partial charge in [-0.25, -0.2) is 4.79 Å². The first kappa shape index (κ1) is 25.2. The van der Waals surface area contributed by atoms with Crippen molar-refractivity contribution in [3.8, 4) is 11.4 Å². The number of carbonyl (C=O) groups excluding carboxylic acids is 2. The smallest absolute Gasteiger partial charge is 0.341 e. The summed E-state index contributed by atoms with van der Waals surface area (Å²) in [6.45, 7) is 10.7. The maximum absolute atomic E-state index is 12.9. The molecule has 1 amide bonds. The van der Waals surface area contributed by atoms with Crippen LogP contribution < -0.4 is 5.32 Å². The quantitative estimate of drug-likeness (QED) is 0.231. The van der Waals surface area contributed by atoms with E-state index in [1.807, 2.05) is 35.8 Å². The van der Waals surface area contributed by atoms with E-state index in [1.165, 1.54) is 33.5 Å². The van der Waals surface area contributed by atoms with E-state index in [2.05, 4.69) is 29.0 Å². The van der Waals surface area contributed by atoms with E-state index in [9.17, 15) is 9.59 Å². The third kappa shape index (κ3) is 5.67. The molecule has 35 heavy (non-hydrogen) atoms. The first-order valence-corrected chi connectivity index (χ1v) is 13.6. The van der Waals surface area contributed by atoms with Crippen LogP contribution in [-0.2, 0) is 28.9 Å². The number of hydrogen-bond acceptors (Lipinski definition) is 7. The van der Waals surface area contributed by atoms with Gasteiger partial charge < -0.3 is 10.1 Å². The molecule has 0 saturated carbocycles. The number of anilines is 1. The molecule has 0 saturated heterocycles. The van der Waals surface area contributed by atoms with Gasteiger partial charge in [0, 0.05) is 17.0 Å². The van der Waals surface area contributed by atoms with Crippen LogP contribution in [0.4, 0.5) is 5.00 Å². The van der Waals surface area contributed by atoms with Gasteiger partial charge >= 0.3 is 5.97 Å². The van der Waals surface area contributed by atoms with Gasteiger partial charge in [0.2, 0.25) is 5.91 Å². The minimum Gasteiger partial charge on any atom is -0.462 e. The Labute approximate surface area is 214 Å². The minimum atomic E-state index is -0.365. The van der Waals surface area contributed by atoms with Crippen molar-refractivity contribution in [1.82, 2.24) is 14.8 Å². The number of aryl methyl sites for hydroxylation is 1. The molecule has 4 rings (SSSR count).